The molecular weight excluding hydrogens is 251 g/mol. The number of aliphatic hydroxyl groups excluding tert-OH is 1. The Kier molecular flexibility index (Phi) is 3.23. The van der Waals surface area contributed by atoms with Crippen molar-refractivity contribution >= 4 is 21.6 Å². The van der Waals surface area contributed by atoms with Gasteiger partial charge < -0.3 is 5.11 Å². The predicted molar refractivity (Wildman–Crippen MR) is 60.7 cm³/mol. The summed E-state index contributed by atoms with van der Waals surface area (Å²) in [5.41, 5.74) is 0. The van der Waals surface area contributed by atoms with Crippen LogP contribution in [0, 0.1) is 5.82 Å². The van der Waals surface area contributed by atoms with Crippen LogP contribution < -0.4 is 0 Å². The van der Waals surface area contributed by atoms with Crippen LogP contribution >= 0.6 is 11.8 Å². The Morgan fingerprint density at radius 1 is 1.31 bits per heavy atom. The van der Waals surface area contributed by atoms with Gasteiger partial charge in [-0.15, -0.1) is 11.8 Å². The van der Waals surface area contributed by atoms with E-state index in [9.17, 15) is 17.9 Å². The van der Waals surface area contributed by atoms with Crippen LogP contribution in [-0.4, -0.2) is 36.4 Å². The lowest BCUT2D eigenvalue weighted by Gasteiger charge is -2.12. The summed E-state index contributed by atoms with van der Waals surface area (Å²) >= 11 is 1.08. The van der Waals surface area contributed by atoms with Crippen molar-refractivity contribution in [2.24, 2.45) is 0 Å². The standard InChI is InChI=1S/C10H11FO3S2/c11-7-3-1-2-4-9(7)15-10-6-16(13,14)5-8(10)12/h1-4,8,10,12H,5-6H2. The van der Waals surface area contributed by atoms with Gasteiger partial charge in [0.05, 0.1) is 22.9 Å². The van der Waals surface area contributed by atoms with Crippen LogP contribution in [0.5, 0.6) is 0 Å². The van der Waals surface area contributed by atoms with Gasteiger partial charge in [0.2, 0.25) is 0 Å². The van der Waals surface area contributed by atoms with E-state index in [4.69, 9.17) is 0 Å². The van der Waals surface area contributed by atoms with Gasteiger partial charge in [-0.1, -0.05) is 12.1 Å². The Morgan fingerprint density at radius 2 is 2.00 bits per heavy atom. The zero-order valence-electron chi connectivity index (χ0n) is 8.34. The average Bonchev–Trinajstić information content (AvgIpc) is 2.44. The van der Waals surface area contributed by atoms with E-state index in [1.165, 1.54) is 6.07 Å². The van der Waals surface area contributed by atoms with E-state index in [-0.39, 0.29) is 17.3 Å². The molecule has 3 nitrogen and oxygen atoms in total. The molecule has 1 fully saturated rings. The fourth-order valence-electron chi connectivity index (χ4n) is 1.61. The van der Waals surface area contributed by atoms with E-state index in [0.717, 1.165) is 11.8 Å². The first kappa shape index (κ1) is 11.9. The second-order valence-electron chi connectivity index (χ2n) is 3.73. The minimum absolute atomic E-state index is 0.0901. The molecule has 0 saturated carbocycles. The summed E-state index contributed by atoms with van der Waals surface area (Å²) in [6.45, 7) is 0. The maximum absolute atomic E-state index is 13.3. The van der Waals surface area contributed by atoms with Gasteiger partial charge in [-0.05, 0) is 12.1 Å². The van der Waals surface area contributed by atoms with Crippen LogP contribution in [0.1, 0.15) is 0 Å². The topological polar surface area (TPSA) is 54.4 Å². The van der Waals surface area contributed by atoms with Gasteiger partial charge in [0.25, 0.3) is 0 Å². The first-order valence-electron chi connectivity index (χ1n) is 4.77. The molecule has 0 aliphatic carbocycles. The smallest absolute Gasteiger partial charge is 0.154 e. The Morgan fingerprint density at radius 3 is 2.56 bits per heavy atom. The molecule has 88 valence electrons. The van der Waals surface area contributed by atoms with Crippen LogP contribution in [0.2, 0.25) is 0 Å². The molecule has 2 unspecified atom stereocenters. The zero-order valence-corrected chi connectivity index (χ0v) is 9.97. The normalized spacial score (nSPS) is 28.1. The molecule has 6 heteroatoms. The first-order chi connectivity index (χ1) is 7.48. The second kappa shape index (κ2) is 4.35. The Labute approximate surface area is 97.6 Å². The third kappa shape index (κ3) is 2.56. The van der Waals surface area contributed by atoms with E-state index in [2.05, 4.69) is 0 Å². The Balaban J connectivity index is 2.15. The van der Waals surface area contributed by atoms with Gasteiger partial charge in [-0.25, -0.2) is 12.8 Å². The average molecular weight is 262 g/mol. The number of halogens is 1. The Bertz CT molecular complexity index is 487. The van der Waals surface area contributed by atoms with Crippen molar-refractivity contribution < 1.29 is 17.9 Å². The predicted octanol–water partition coefficient (Wildman–Crippen LogP) is 1.08. The molecule has 1 aliphatic heterocycles. The lowest BCUT2D eigenvalue weighted by Crippen LogP contribution is -2.19. The minimum atomic E-state index is -3.17. The second-order valence-corrected chi connectivity index (χ2v) is 7.17. The summed E-state index contributed by atoms with van der Waals surface area (Å²) in [5, 5.41) is 9.08. The molecule has 0 spiro atoms. The van der Waals surface area contributed by atoms with Crippen LogP contribution in [0.25, 0.3) is 0 Å². The number of aliphatic hydroxyl groups is 1. The highest BCUT2D eigenvalue weighted by atomic mass is 32.2. The summed E-state index contributed by atoms with van der Waals surface area (Å²) < 4.78 is 35.8. The van der Waals surface area contributed by atoms with Crippen molar-refractivity contribution in [2.75, 3.05) is 11.5 Å². The minimum Gasteiger partial charge on any atom is -0.391 e. The molecular formula is C10H11FO3S2. The molecule has 0 amide bonds. The van der Waals surface area contributed by atoms with Crippen molar-refractivity contribution in [1.29, 1.82) is 0 Å². The highest BCUT2D eigenvalue weighted by Gasteiger charge is 2.37. The SMILES string of the molecule is O=S1(=O)CC(O)C(Sc2ccccc2F)C1. The summed E-state index contributed by atoms with van der Waals surface area (Å²) in [5.74, 6) is -0.698. The van der Waals surface area contributed by atoms with Crippen molar-refractivity contribution in [3.05, 3.63) is 30.1 Å². The number of rotatable bonds is 2. The van der Waals surface area contributed by atoms with Crippen molar-refractivity contribution in [1.82, 2.24) is 0 Å². The lowest BCUT2D eigenvalue weighted by molar-refractivity contribution is 0.207. The van der Waals surface area contributed by atoms with E-state index in [1.54, 1.807) is 18.2 Å². The molecule has 1 saturated heterocycles. The molecule has 1 aromatic carbocycles. The molecule has 0 aromatic heterocycles. The van der Waals surface area contributed by atoms with Crippen molar-refractivity contribution in [3.63, 3.8) is 0 Å². The van der Waals surface area contributed by atoms with Gasteiger partial charge in [0.1, 0.15) is 5.82 Å². The maximum Gasteiger partial charge on any atom is 0.154 e. The summed E-state index contributed by atoms with van der Waals surface area (Å²) in [6, 6.07) is 6.15. The highest BCUT2D eigenvalue weighted by molar-refractivity contribution is 8.02. The lowest BCUT2D eigenvalue weighted by atomic mass is 10.3. The molecule has 1 aliphatic rings. The van der Waals surface area contributed by atoms with Gasteiger partial charge in [-0.3, -0.25) is 0 Å². The first-order valence-corrected chi connectivity index (χ1v) is 7.48. The molecule has 1 aromatic rings. The van der Waals surface area contributed by atoms with E-state index in [0.29, 0.717) is 4.90 Å². The van der Waals surface area contributed by atoms with E-state index >= 15 is 0 Å². The van der Waals surface area contributed by atoms with Gasteiger partial charge in [0.15, 0.2) is 9.84 Å². The number of hydrogen-bond donors (Lipinski definition) is 1. The largest absolute Gasteiger partial charge is 0.391 e. The number of thioether (sulfide) groups is 1. The van der Waals surface area contributed by atoms with Crippen molar-refractivity contribution in [2.45, 2.75) is 16.2 Å². The van der Waals surface area contributed by atoms with Crippen LogP contribution in [0.4, 0.5) is 4.39 Å². The van der Waals surface area contributed by atoms with Crippen molar-refractivity contribution in [3.8, 4) is 0 Å². The third-order valence-corrected chi connectivity index (χ3v) is 5.68. The summed E-state index contributed by atoms with van der Waals surface area (Å²) in [6.07, 6.45) is -0.908. The van der Waals surface area contributed by atoms with E-state index in [1.807, 2.05) is 0 Å². The monoisotopic (exact) mass is 262 g/mol. The summed E-state index contributed by atoms with van der Waals surface area (Å²) in [4.78, 5) is 0.378. The maximum atomic E-state index is 13.3. The molecule has 1 heterocycles. The molecule has 2 rings (SSSR count). The number of hydrogen-bond acceptors (Lipinski definition) is 4. The zero-order chi connectivity index (χ0) is 11.8. The molecule has 16 heavy (non-hydrogen) atoms. The van der Waals surface area contributed by atoms with Crippen LogP contribution in [0.3, 0.4) is 0 Å². The summed E-state index contributed by atoms with van der Waals surface area (Å²) in [7, 11) is -3.17. The third-order valence-electron chi connectivity index (χ3n) is 2.39. The molecule has 0 radical (unpaired) electrons. The Hall–Kier alpha value is -0.590. The van der Waals surface area contributed by atoms with Crippen LogP contribution in [0.15, 0.2) is 29.2 Å². The highest BCUT2D eigenvalue weighted by Crippen LogP contribution is 2.32. The molecule has 2 atom stereocenters. The van der Waals surface area contributed by atoms with E-state index < -0.39 is 21.2 Å². The quantitative estimate of drug-likeness (QED) is 0.866. The van der Waals surface area contributed by atoms with Gasteiger partial charge in [-0.2, -0.15) is 0 Å². The number of benzene rings is 1. The molecule has 1 N–H and O–H groups in total. The van der Waals surface area contributed by atoms with Gasteiger partial charge in [0, 0.05) is 4.90 Å². The number of sulfone groups is 1. The fraction of sp³-hybridized carbons (Fsp3) is 0.400. The van der Waals surface area contributed by atoms with Gasteiger partial charge >= 0.3 is 0 Å². The van der Waals surface area contributed by atoms with Crippen LogP contribution in [-0.2, 0) is 9.84 Å². The fourth-order valence-corrected chi connectivity index (χ4v) is 5.16. The molecule has 0 bridgehead atoms.